The highest BCUT2D eigenvalue weighted by Gasteiger charge is 2.35. The number of halogens is 1. The zero-order valence-electron chi connectivity index (χ0n) is 20.6. The van der Waals surface area contributed by atoms with E-state index in [9.17, 15) is 4.79 Å². The van der Waals surface area contributed by atoms with Crippen LogP contribution in [-0.4, -0.2) is 68.5 Å². The Balaban J connectivity index is 0.00000480. The van der Waals surface area contributed by atoms with Crippen LogP contribution in [0.2, 0.25) is 0 Å². The summed E-state index contributed by atoms with van der Waals surface area (Å²) in [6.45, 7) is 16.5. The van der Waals surface area contributed by atoms with Gasteiger partial charge in [0.15, 0.2) is 5.96 Å². The van der Waals surface area contributed by atoms with Crippen molar-refractivity contribution in [3.8, 4) is 0 Å². The second-order valence-corrected chi connectivity index (χ2v) is 10.8. The van der Waals surface area contributed by atoms with Crippen molar-refractivity contribution in [2.75, 3.05) is 39.8 Å². The van der Waals surface area contributed by atoms with Crippen molar-refractivity contribution < 1.29 is 14.3 Å². The van der Waals surface area contributed by atoms with E-state index >= 15 is 0 Å². The highest BCUT2D eigenvalue weighted by molar-refractivity contribution is 14.0. The van der Waals surface area contributed by atoms with Gasteiger partial charge in [0.05, 0.1) is 6.10 Å². The van der Waals surface area contributed by atoms with Crippen LogP contribution < -0.4 is 10.6 Å². The molecule has 0 aromatic heterocycles. The number of aliphatic imine (C=N–C) groups is 1. The number of ether oxygens (including phenoxy) is 2. The molecule has 2 heterocycles. The van der Waals surface area contributed by atoms with E-state index < -0.39 is 5.60 Å². The first-order valence-electron chi connectivity index (χ1n) is 11.5. The number of piperidine rings is 1. The Bertz CT molecular complexity index is 586. The van der Waals surface area contributed by atoms with Gasteiger partial charge in [-0.3, -0.25) is 4.99 Å². The molecule has 0 aliphatic carbocycles. The van der Waals surface area contributed by atoms with E-state index in [1.165, 1.54) is 6.42 Å². The van der Waals surface area contributed by atoms with Crippen LogP contribution in [-0.2, 0) is 9.47 Å². The Morgan fingerprint density at radius 2 is 1.77 bits per heavy atom. The lowest BCUT2D eigenvalue weighted by Crippen LogP contribution is -2.49. The van der Waals surface area contributed by atoms with Crippen LogP contribution in [0, 0.1) is 17.3 Å². The summed E-state index contributed by atoms with van der Waals surface area (Å²) in [6.07, 6.45) is 4.46. The van der Waals surface area contributed by atoms with Gasteiger partial charge in [-0.1, -0.05) is 20.8 Å². The highest BCUT2D eigenvalue weighted by Crippen LogP contribution is 2.33. The van der Waals surface area contributed by atoms with Gasteiger partial charge in [0.1, 0.15) is 5.60 Å². The third-order valence-corrected chi connectivity index (χ3v) is 5.78. The Morgan fingerprint density at radius 1 is 1.10 bits per heavy atom. The Morgan fingerprint density at radius 3 is 2.39 bits per heavy atom. The molecule has 31 heavy (non-hydrogen) atoms. The molecule has 7 nitrogen and oxygen atoms in total. The summed E-state index contributed by atoms with van der Waals surface area (Å²) in [5, 5.41) is 6.96. The molecule has 0 spiro atoms. The average molecular weight is 553 g/mol. The highest BCUT2D eigenvalue weighted by atomic mass is 127. The quantitative estimate of drug-likeness (QED) is 0.310. The Labute approximate surface area is 206 Å². The summed E-state index contributed by atoms with van der Waals surface area (Å²) in [7, 11) is 1.81. The normalized spacial score (nSPS) is 25.5. The van der Waals surface area contributed by atoms with Crippen molar-refractivity contribution in [3.63, 3.8) is 0 Å². The van der Waals surface area contributed by atoms with Crippen LogP contribution in [0.15, 0.2) is 4.99 Å². The second-order valence-electron chi connectivity index (χ2n) is 10.8. The molecule has 2 N–H and O–H groups in total. The zero-order chi connectivity index (χ0) is 22.4. The standard InChI is InChI=1S/C23H44N4O3.HI/c1-22(2,3)19-18(11-9-13-29-19)15-26-20(24-7)25-14-17-10-8-12-27(16-17)21(28)30-23(4,5)6;/h17-19H,8-16H2,1-7H3,(H2,24,25,26);1H. The minimum absolute atomic E-state index is 0. The van der Waals surface area contributed by atoms with E-state index in [2.05, 4.69) is 36.4 Å². The maximum absolute atomic E-state index is 12.4. The number of nitrogens with zero attached hydrogens (tertiary/aromatic N) is 2. The number of carbonyl (C=O) groups excluding carboxylic acids is 1. The van der Waals surface area contributed by atoms with E-state index in [1.807, 2.05) is 32.7 Å². The van der Waals surface area contributed by atoms with Crippen molar-refractivity contribution >= 4 is 36.0 Å². The number of likely N-dealkylation sites (tertiary alicyclic amines) is 1. The molecule has 0 radical (unpaired) electrons. The fraction of sp³-hybridized carbons (Fsp3) is 0.913. The fourth-order valence-corrected chi connectivity index (χ4v) is 4.42. The number of amides is 1. The summed E-state index contributed by atoms with van der Waals surface area (Å²) in [6, 6.07) is 0. The van der Waals surface area contributed by atoms with Crippen LogP contribution in [0.4, 0.5) is 4.79 Å². The molecular weight excluding hydrogens is 507 g/mol. The van der Waals surface area contributed by atoms with Gasteiger partial charge in [-0.2, -0.15) is 0 Å². The molecule has 3 unspecified atom stereocenters. The van der Waals surface area contributed by atoms with Gasteiger partial charge >= 0.3 is 6.09 Å². The van der Waals surface area contributed by atoms with Crippen LogP contribution in [0.3, 0.4) is 0 Å². The molecule has 2 aliphatic rings. The van der Waals surface area contributed by atoms with Crippen LogP contribution in [0.5, 0.6) is 0 Å². The van der Waals surface area contributed by atoms with E-state index in [0.717, 1.165) is 58.0 Å². The maximum atomic E-state index is 12.4. The first-order valence-corrected chi connectivity index (χ1v) is 11.5. The van der Waals surface area contributed by atoms with Crippen molar-refractivity contribution in [1.29, 1.82) is 0 Å². The zero-order valence-corrected chi connectivity index (χ0v) is 23.0. The molecule has 2 aliphatic heterocycles. The predicted molar refractivity (Wildman–Crippen MR) is 137 cm³/mol. The Kier molecular flexibility index (Phi) is 11.4. The van der Waals surface area contributed by atoms with Crippen LogP contribution >= 0.6 is 24.0 Å². The monoisotopic (exact) mass is 552 g/mol. The number of hydrogen-bond acceptors (Lipinski definition) is 4. The molecule has 0 aromatic carbocycles. The summed E-state index contributed by atoms with van der Waals surface area (Å²) >= 11 is 0. The van der Waals surface area contributed by atoms with Crippen molar-refractivity contribution in [3.05, 3.63) is 0 Å². The van der Waals surface area contributed by atoms with E-state index in [4.69, 9.17) is 9.47 Å². The van der Waals surface area contributed by atoms with Gasteiger partial charge in [0.25, 0.3) is 0 Å². The molecule has 8 heteroatoms. The van der Waals surface area contributed by atoms with Crippen molar-refractivity contribution in [2.45, 2.75) is 78.9 Å². The molecule has 3 atom stereocenters. The van der Waals surface area contributed by atoms with E-state index in [-0.39, 0.29) is 41.6 Å². The molecule has 0 bridgehead atoms. The number of nitrogens with one attached hydrogen (secondary N) is 2. The largest absolute Gasteiger partial charge is 0.444 e. The molecule has 0 saturated carbocycles. The minimum Gasteiger partial charge on any atom is -0.444 e. The number of carbonyl (C=O) groups is 1. The summed E-state index contributed by atoms with van der Waals surface area (Å²) in [5.41, 5.74) is -0.321. The third kappa shape index (κ3) is 9.72. The molecule has 182 valence electrons. The molecule has 0 aromatic rings. The minimum atomic E-state index is -0.456. The topological polar surface area (TPSA) is 75.2 Å². The summed E-state index contributed by atoms with van der Waals surface area (Å²) < 4.78 is 11.6. The van der Waals surface area contributed by atoms with E-state index in [0.29, 0.717) is 11.8 Å². The lowest BCUT2D eigenvalue weighted by atomic mass is 9.78. The van der Waals surface area contributed by atoms with Gasteiger partial charge in [-0.25, -0.2) is 4.79 Å². The Hall–Kier alpha value is -0.770. The van der Waals surface area contributed by atoms with Crippen molar-refractivity contribution in [1.82, 2.24) is 15.5 Å². The summed E-state index contributed by atoms with van der Waals surface area (Å²) in [5.74, 6) is 1.70. The number of guanidine groups is 1. The summed E-state index contributed by atoms with van der Waals surface area (Å²) in [4.78, 5) is 18.6. The molecule has 2 saturated heterocycles. The first-order chi connectivity index (χ1) is 14.0. The lowest BCUT2D eigenvalue weighted by Gasteiger charge is -2.40. The molecule has 1 amide bonds. The van der Waals surface area contributed by atoms with Crippen molar-refractivity contribution in [2.24, 2.45) is 22.2 Å². The van der Waals surface area contributed by atoms with Gasteiger partial charge in [0, 0.05) is 45.8 Å². The number of rotatable bonds is 4. The van der Waals surface area contributed by atoms with Gasteiger partial charge in [0.2, 0.25) is 0 Å². The van der Waals surface area contributed by atoms with Gasteiger partial charge in [-0.05, 0) is 57.8 Å². The lowest BCUT2D eigenvalue weighted by molar-refractivity contribution is -0.0835. The first kappa shape index (κ1) is 28.3. The van der Waals surface area contributed by atoms with E-state index in [1.54, 1.807) is 0 Å². The third-order valence-electron chi connectivity index (χ3n) is 5.78. The number of hydrogen-bond donors (Lipinski definition) is 2. The SMILES string of the molecule is CN=C(NCC1CCCN(C(=O)OC(C)(C)C)C1)NCC1CCCOC1C(C)(C)C.I. The van der Waals surface area contributed by atoms with Gasteiger partial charge in [-0.15, -0.1) is 24.0 Å². The predicted octanol–water partition coefficient (Wildman–Crippen LogP) is 4.26. The fourth-order valence-electron chi connectivity index (χ4n) is 4.42. The van der Waals surface area contributed by atoms with Crippen LogP contribution in [0.25, 0.3) is 0 Å². The van der Waals surface area contributed by atoms with Crippen LogP contribution in [0.1, 0.15) is 67.2 Å². The molecule has 2 rings (SSSR count). The molecular formula is C23H45IN4O3. The average Bonchev–Trinajstić information content (AvgIpc) is 2.66. The molecule has 2 fully saturated rings. The van der Waals surface area contributed by atoms with Gasteiger partial charge < -0.3 is 25.0 Å². The second kappa shape index (κ2) is 12.5. The smallest absolute Gasteiger partial charge is 0.410 e. The maximum Gasteiger partial charge on any atom is 0.410 e.